The SMILES string of the molecule is C[CH](C(N)=O)[V]([Cl])[CH](C)C(N)=O. The zero-order valence-corrected chi connectivity index (χ0v) is 9.10. The van der Waals surface area contributed by atoms with Crippen molar-refractivity contribution in [2.75, 3.05) is 0 Å². The molecule has 4 N–H and O–H groups in total. The number of amides is 2. The molecule has 0 aromatic rings. The van der Waals surface area contributed by atoms with Crippen LogP contribution in [0.4, 0.5) is 0 Å². The predicted molar refractivity (Wildman–Crippen MR) is 43.1 cm³/mol. The Kier molecular flexibility index (Phi) is 4.67. The molecule has 0 bridgehead atoms. The van der Waals surface area contributed by atoms with Gasteiger partial charge in [-0.15, -0.1) is 0 Å². The summed E-state index contributed by atoms with van der Waals surface area (Å²) < 4.78 is -0.802. The number of primary amides is 2. The first-order valence-electron chi connectivity index (χ1n) is 3.40. The molecule has 0 fully saturated rings. The number of carbonyl (C=O) groups is 2. The molecule has 0 heterocycles. The van der Waals surface area contributed by atoms with E-state index in [-0.39, 0.29) is 0 Å². The molecule has 0 aliphatic rings. The van der Waals surface area contributed by atoms with E-state index in [9.17, 15) is 9.59 Å². The quantitative estimate of drug-likeness (QED) is 0.730. The molecule has 0 spiro atoms. The first-order chi connectivity index (χ1) is 5.37. The molecule has 0 saturated heterocycles. The van der Waals surface area contributed by atoms with Gasteiger partial charge in [0, 0.05) is 0 Å². The second-order valence-corrected chi connectivity index (χ2v) is 7.60. The van der Waals surface area contributed by atoms with Crippen molar-refractivity contribution in [2.24, 2.45) is 11.5 Å². The normalized spacial score (nSPS) is 15.7. The van der Waals surface area contributed by atoms with Crippen LogP contribution in [0.25, 0.3) is 0 Å². The molecule has 70 valence electrons. The second-order valence-electron chi connectivity index (χ2n) is 2.50. The molecule has 2 unspecified atom stereocenters. The van der Waals surface area contributed by atoms with Gasteiger partial charge in [0.15, 0.2) is 0 Å². The Morgan fingerprint density at radius 3 is 1.58 bits per heavy atom. The molecule has 2 amide bonds. The molecular formula is C6H12ClN2O2V. The van der Waals surface area contributed by atoms with Crippen LogP contribution < -0.4 is 11.5 Å². The number of carbonyl (C=O) groups excluding carboxylic acids is 2. The van der Waals surface area contributed by atoms with Gasteiger partial charge in [-0.25, -0.2) is 0 Å². The molecule has 0 aromatic carbocycles. The van der Waals surface area contributed by atoms with Gasteiger partial charge in [-0.05, 0) is 0 Å². The van der Waals surface area contributed by atoms with Gasteiger partial charge < -0.3 is 0 Å². The van der Waals surface area contributed by atoms with E-state index in [1.807, 2.05) is 0 Å². The van der Waals surface area contributed by atoms with Gasteiger partial charge in [-0.3, -0.25) is 0 Å². The molecule has 0 aromatic heterocycles. The van der Waals surface area contributed by atoms with Crippen LogP contribution in [0.5, 0.6) is 0 Å². The Labute approximate surface area is 80.2 Å². The summed E-state index contributed by atoms with van der Waals surface area (Å²) >= 11 is -2.05. The summed E-state index contributed by atoms with van der Waals surface area (Å²) in [6, 6.07) is 0. The van der Waals surface area contributed by atoms with Gasteiger partial charge in [-0.2, -0.15) is 0 Å². The van der Waals surface area contributed by atoms with Crippen molar-refractivity contribution in [1.29, 1.82) is 0 Å². The average Bonchev–Trinajstić information content (AvgIpc) is 2.00. The molecule has 0 aliphatic heterocycles. The van der Waals surface area contributed by atoms with Crippen LogP contribution in [0.3, 0.4) is 0 Å². The summed E-state index contributed by atoms with van der Waals surface area (Å²) in [5.74, 6) is -0.920. The summed E-state index contributed by atoms with van der Waals surface area (Å²) in [5.41, 5.74) is 10.1. The summed E-state index contributed by atoms with van der Waals surface area (Å²) in [5, 5.41) is 0. The fraction of sp³-hybridized carbons (Fsp3) is 0.667. The molecule has 0 rings (SSSR count). The van der Waals surface area contributed by atoms with Gasteiger partial charge in [0.2, 0.25) is 0 Å². The van der Waals surface area contributed by atoms with E-state index in [1.165, 1.54) is 0 Å². The zero-order valence-electron chi connectivity index (χ0n) is 6.95. The van der Waals surface area contributed by atoms with E-state index in [4.69, 9.17) is 21.3 Å². The van der Waals surface area contributed by atoms with Gasteiger partial charge in [0.1, 0.15) is 0 Å². The van der Waals surface area contributed by atoms with Crippen molar-refractivity contribution in [2.45, 2.75) is 23.1 Å². The fourth-order valence-electron chi connectivity index (χ4n) is 0.579. The van der Waals surface area contributed by atoms with Crippen LogP contribution in [-0.2, 0) is 23.8 Å². The summed E-state index contributed by atoms with van der Waals surface area (Å²) in [6.07, 6.45) is 0. The zero-order chi connectivity index (χ0) is 9.89. The molecule has 4 nitrogen and oxygen atoms in total. The van der Waals surface area contributed by atoms with Crippen molar-refractivity contribution < 1.29 is 23.8 Å². The molecule has 0 saturated carbocycles. The first-order valence-corrected chi connectivity index (χ1v) is 6.94. The Morgan fingerprint density at radius 1 is 1.17 bits per heavy atom. The van der Waals surface area contributed by atoms with Crippen LogP contribution >= 0.6 is 9.85 Å². The third-order valence-corrected chi connectivity index (χ3v) is 7.08. The van der Waals surface area contributed by atoms with Crippen LogP contribution in [0.15, 0.2) is 0 Å². The molecule has 12 heavy (non-hydrogen) atoms. The van der Waals surface area contributed by atoms with E-state index in [0.29, 0.717) is 0 Å². The number of nitrogens with two attached hydrogens (primary N) is 2. The number of hydrogen-bond donors (Lipinski definition) is 2. The summed E-state index contributed by atoms with van der Waals surface area (Å²) in [6.45, 7) is 3.27. The van der Waals surface area contributed by atoms with E-state index >= 15 is 0 Å². The summed E-state index contributed by atoms with van der Waals surface area (Å²) in [4.78, 5) is 21.4. The molecule has 0 aliphatic carbocycles. The molecular weight excluding hydrogens is 218 g/mol. The second kappa shape index (κ2) is 4.75. The van der Waals surface area contributed by atoms with Crippen molar-refractivity contribution in [3.63, 3.8) is 0 Å². The fourth-order valence-corrected chi connectivity index (χ4v) is 3.18. The van der Waals surface area contributed by atoms with E-state index in [0.717, 1.165) is 0 Å². The Balaban J connectivity index is 4.28. The van der Waals surface area contributed by atoms with Crippen LogP contribution in [0.1, 0.15) is 13.8 Å². The number of halogens is 1. The summed E-state index contributed by atoms with van der Waals surface area (Å²) in [7, 11) is 5.92. The average molecular weight is 231 g/mol. The Morgan fingerprint density at radius 2 is 1.42 bits per heavy atom. The minimum atomic E-state index is -2.05. The monoisotopic (exact) mass is 230 g/mol. The maximum atomic E-state index is 10.7. The van der Waals surface area contributed by atoms with Gasteiger partial charge in [0.05, 0.1) is 0 Å². The van der Waals surface area contributed by atoms with Crippen LogP contribution in [-0.4, -0.2) is 11.8 Å². The van der Waals surface area contributed by atoms with Crippen molar-refractivity contribution in [3.8, 4) is 0 Å². The van der Waals surface area contributed by atoms with E-state index < -0.39 is 35.3 Å². The Bertz CT molecular complexity index is 180. The van der Waals surface area contributed by atoms with Crippen molar-refractivity contribution in [3.05, 3.63) is 0 Å². The Hall–Kier alpha value is -0.186. The standard InChI is InChI=1S/2C3H6NO.ClH.V/c2*1-2-3(4)5;;/h2*2H,1H3,(H2,4,5);1H;/q;;;+1/p-1. The van der Waals surface area contributed by atoms with E-state index in [1.54, 1.807) is 13.8 Å². The molecule has 6 heteroatoms. The number of hydrogen-bond acceptors (Lipinski definition) is 2. The third-order valence-electron chi connectivity index (χ3n) is 1.56. The van der Waals surface area contributed by atoms with Crippen LogP contribution in [0, 0.1) is 0 Å². The maximum absolute atomic E-state index is 10.7. The molecule has 0 radical (unpaired) electrons. The number of rotatable bonds is 4. The predicted octanol–water partition coefficient (Wildman–Crippen LogP) is 0.346. The van der Waals surface area contributed by atoms with Gasteiger partial charge in [0.25, 0.3) is 0 Å². The molecule has 2 atom stereocenters. The third kappa shape index (κ3) is 3.05. The topological polar surface area (TPSA) is 86.2 Å². The van der Waals surface area contributed by atoms with Gasteiger partial charge in [-0.1, -0.05) is 0 Å². The van der Waals surface area contributed by atoms with Gasteiger partial charge >= 0.3 is 80.0 Å². The minimum absolute atomic E-state index is 0.401. The van der Waals surface area contributed by atoms with Crippen molar-refractivity contribution >= 4 is 21.7 Å². The van der Waals surface area contributed by atoms with Crippen molar-refractivity contribution in [1.82, 2.24) is 0 Å². The van der Waals surface area contributed by atoms with Crippen LogP contribution in [0.2, 0.25) is 9.26 Å². The first kappa shape index (κ1) is 11.8. The van der Waals surface area contributed by atoms with E-state index in [2.05, 4.69) is 0 Å².